The molecule has 1 aromatic rings. The summed E-state index contributed by atoms with van der Waals surface area (Å²) in [6.45, 7) is 6.54. The summed E-state index contributed by atoms with van der Waals surface area (Å²) in [5.41, 5.74) is 3.68. The maximum Gasteiger partial charge on any atom is 0.126 e. The summed E-state index contributed by atoms with van der Waals surface area (Å²) in [5, 5.41) is 0.781. The molecule has 1 aliphatic rings. The molecule has 0 saturated heterocycles. The van der Waals surface area contributed by atoms with E-state index in [0.717, 1.165) is 29.2 Å². The van der Waals surface area contributed by atoms with Crippen LogP contribution in [0.2, 0.25) is 5.02 Å². The summed E-state index contributed by atoms with van der Waals surface area (Å²) in [6, 6.07) is 4.03. The van der Waals surface area contributed by atoms with Crippen LogP contribution < -0.4 is 4.74 Å². The highest BCUT2D eigenvalue weighted by Gasteiger charge is 2.22. The van der Waals surface area contributed by atoms with E-state index in [1.165, 1.54) is 11.1 Å². The monoisotopic (exact) mass is 276 g/mol. The summed E-state index contributed by atoms with van der Waals surface area (Å²) in [4.78, 5) is 0. The van der Waals surface area contributed by atoms with Crippen LogP contribution in [0.1, 0.15) is 38.3 Å². The lowest BCUT2D eigenvalue weighted by atomic mass is 9.84. The molecule has 0 aliphatic heterocycles. The highest BCUT2D eigenvalue weighted by Crippen LogP contribution is 2.37. The van der Waals surface area contributed by atoms with Crippen molar-refractivity contribution in [2.45, 2.75) is 39.0 Å². The number of hydrogen-bond acceptors (Lipinski definition) is 1. The number of ether oxygens (including phenoxy) is 1. The summed E-state index contributed by atoms with van der Waals surface area (Å²) < 4.78 is 5.66. The Hall–Kier alpha value is -1.21. The van der Waals surface area contributed by atoms with E-state index in [4.69, 9.17) is 16.3 Å². The van der Waals surface area contributed by atoms with Crippen LogP contribution in [0.4, 0.5) is 0 Å². The average Bonchev–Trinajstić information content (AvgIpc) is 2.80. The van der Waals surface area contributed by atoms with Crippen molar-refractivity contribution in [1.82, 2.24) is 0 Å². The van der Waals surface area contributed by atoms with Gasteiger partial charge in [0.1, 0.15) is 5.75 Å². The molecule has 1 aromatic carbocycles. The Labute approximate surface area is 120 Å². The fourth-order valence-electron chi connectivity index (χ4n) is 2.44. The minimum atomic E-state index is 0.0187. The van der Waals surface area contributed by atoms with Crippen LogP contribution in [0, 0.1) is 0 Å². The molecule has 2 rings (SSSR count). The first kappa shape index (κ1) is 14.2. The largest absolute Gasteiger partial charge is 0.496 e. The Kier molecular flexibility index (Phi) is 4.05. The van der Waals surface area contributed by atoms with Gasteiger partial charge in [-0.25, -0.2) is 0 Å². The predicted octanol–water partition coefficient (Wildman–Crippen LogP) is 5.07. The maximum atomic E-state index is 6.28. The van der Waals surface area contributed by atoms with Gasteiger partial charge in [0.15, 0.2) is 0 Å². The molecule has 0 fully saturated rings. The molecule has 1 nitrogen and oxygen atoms in total. The Morgan fingerprint density at radius 2 is 2.00 bits per heavy atom. The van der Waals surface area contributed by atoms with Gasteiger partial charge < -0.3 is 4.74 Å². The lowest BCUT2D eigenvalue weighted by Gasteiger charge is -2.24. The van der Waals surface area contributed by atoms with E-state index in [2.05, 4.69) is 39.0 Å². The fraction of sp³-hybridized carbons (Fsp3) is 0.412. The summed E-state index contributed by atoms with van der Waals surface area (Å²) in [7, 11) is 1.74. The number of allylic oxidation sites excluding steroid dienone is 4. The second-order valence-corrected chi connectivity index (χ2v) is 6.43. The molecule has 0 radical (unpaired) electrons. The van der Waals surface area contributed by atoms with Gasteiger partial charge >= 0.3 is 0 Å². The number of halogens is 1. The van der Waals surface area contributed by atoms with E-state index in [1.807, 2.05) is 12.1 Å². The number of benzene rings is 1. The molecule has 0 amide bonds. The van der Waals surface area contributed by atoms with Crippen molar-refractivity contribution in [1.29, 1.82) is 0 Å². The third kappa shape index (κ3) is 3.22. The van der Waals surface area contributed by atoms with Crippen molar-refractivity contribution >= 4 is 11.6 Å². The third-order valence-corrected chi connectivity index (χ3v) is 3.60. The first-order chi connectivity index (χ1) is 8.91. The Balaban J connectivity index is 2.47. The Morgan fingerprint density at radius 3 is 2.53 bits per heavy atom. The smallest absolute Gasteiger partial charge is 0.126 e. The van der Waals surface area contributed by atoms with Crippen LogP contribution in [0.25, 0.3) is 0 Å². The van der Waals surface area contributed by atoms with Gasteiger partial charge in [0.25, 0.3) is 0 Å². The molecule has 0 bridgehead atoms. The van der Waals surface area contributed by atoms with Gasteiger partial charge in [0.2, 0.25) is 0 Å². The zero-order valence-electron chi connectivity index (χ0n) is 12.1. The topological polar surface area (TPSA) is 9.23 Å². The van der Waals surface area contributed by atoms with Crippen LogP contribution in [-0.2, 0) is 11.8 Å². The zero-order chi connectivity index (χ0) is 14.0. The molecule has 0 N–H and O–H groups in total. The van der Waals surface area contributed by atoms with Gasteiger partial charge in [-0.05, 0) is 29.5 Å². The van der Waals surface area contributed by atoms with Crippen LogP contribution in [-0.4, -0.2) is 7.11 Å². The molecule has 0 aromatic heterocycles. The minimum Gasteiger partial charge on any atom is -0.496 e. The molecule has 0 heterocycles. The van der Waals surface area contributed by atoms with E-state index in [9.17, 15) is 0 Å². The molecule has 0 saturated carbocycles. The third-order valence-electron chi connectivity index (χ3n) is 3.39. The molecule has 2 heteroatoms. The standard InChI is InChI=1S/C17H21ClO/c1-17(2,3)15-11-14(18)10-13(16(15)19-4)9-12-7-5-6-8-12/h5,7-8,10-11H,6,9H2,1-4H3. The second kappa shape index (κ2) is 5.42. The van der Waals surface area contributed by atoms with Gasteiger partial charge in [-0.15, -0.1) is 0 Å². The Bertz CT molecular complexity index is 533. The maximum absolute atomic E-state index is 6.28. The van der Waals surface area contributed by atoms with Gasteiger partial charge in [-0.2, -0.15) is 0 Å². The molecular formula is C17H21ClO. The SMILES string of the molecule is COc1c(CC2=CCC=C2)cc(Cl)cc1C(C)(C)C. The van der Waals surface area contributed by atoms with Crippen molar-refractivity contribution in [2.24, 2.45) is 0 Å². The van der Waals surface area contributed by atoms with E-state index < -0.39 is 0 Å². The van der Waals surface area contributed by atoms with Gasteiger partial charge in [0.05, 0.1) is 7.11 Å². The van der Waals surface area contributed by atoms with Crippen molar-refractivity contribution in [3.63, 3.8) is 0 Å². The average molecular weight is 277 g/mol. The van der Waals surface area contributed by atoms with Crippen LogP contribution in [0.5, 0.6) is 5.75 Å². The molecule has 0 unspecified atom stereocenters. The molecule has 1 aliphatic carbocycles. The van der Waals surface area contributed by atoms with E-state index >= 15 is 0 Å². The molecule has 102 valence electrons. The van der Waals surface area contributed by atoms with Crippen molar-refractivity contribution < 1.29 is 4.74 Å². The quantitative estimate of drug-likeness (QED) is 0.748. The zero-order valence-corrected chi connectivity index (χ0v) is 12.8. The van der Waals surface area contributed by atoms with E-state index in [1.54, 1.807) is 7.11 Å². The van der Waals surface area contributed by atoms with E-state index in [-0.39, 0.29) is 5.41 Å². The van der Waals surface area contributed by atoms with Crippen LogP contribution >= 0.6 is 11.6 Å². The van der Waals surface area contributed by atoms with Crippen molar-refractivity contribution in [2.75, 3.05) is 7.11 Å². The normalized spacial score (nSPS) is 14.7. The Morgan fingerprint density at radius 1 is 1.26 bits per heavy atom. The second-order valence-electron chi connectivity index (χ2n) is 5.99. The van der Waals surface area contributed by atoms with Crippen molar-refractivity contribution in [3.8, 4) is 5.75 Å². The number of methoxy groups -OCH3 is 1. The molecular weight excluding hydrogens is 256 g/mol. The molecule has 0 spiro atoms. The number of hydrogen-bond donors (Lipinski definition) is 0. The lowest BCUT2D eigenvalue weighted by Crippen LogP contribution is -2.14. The van der Waals surface area contributed by atoms with E-state index in [0.29, 0.717) is 0 Å². The summed E-state index contributed by atoms with van der Waals surface area (Å²) >= 11 is 6.28. The predicted molar refractivity (Wildman–Crippen MR) is 82.2 cm³/mol. The summed E-state index contributed by atoms with van der Waals surface area (Å²) in [5.74, 6) is 0.970. The highest BCUT2D eigenvalue weighted by atomic mass is 35.5. The van der Waals surface area contributed by atoms with Gasteiger partial charge in [0, 0.05) is 22.6 Å². The first-order valence-corrected chi connectivity index (χ1v) is 7.02. The fourth-order valence-corrected chi connectivity index (χ4v) is 2.68. The van der Waals surface area contributed by atoms with Crippen molar-refractivity contribution in [3.05, 3.63) is 52.1 Å². The van der Waals surface area contributed by atoms with Gasteiger partial charge in [-0.3, -0.25) is 0 Å². The highest BCUT2D eigenvalue weighted by molar-refractivity contribution is 6.30. The number of rotatable bonds is 3. The lowest BCUT2D eigenvalue weighted by molar-refractivity contribution is 0.393. The van der Waals surface area contributed by atoms with Crippen LogP contribution in [0.3, 0.4) is 0 Å². The summed E-state index contributed by atoms with van der Waals surface area (Å²) in [6.07, 6.45) is 8.51. The van der Waals surface area contributed by atoms with Crippen LogP contribution in [0.15, 0.2) is 35.9 Å². The molecule has 0 atom stereocenters. The first-order valence-electron chi connectivity index (χ1n) is 6.64. The molecule has 19 heavy (non-hydrogen) atoms. The minimum absolute atomic E-state index is 0.0187. The van der Waals surface area contributed by atoms with Gasteiger partial charge in [-0.1, -0.05) is 50.6 Å².